The molecule has 0 saturated carbocycles. The van der Waals surface area contributed by atoms with Gasteiger partial charge in [-0.25, -0.2) is 13.1 Å². The van der Waals surface area contributed by atoms with Crippen molar-refractivity contribution in [2.45, 2.75) is 24.7 Å². The van der Waals surface area contributed by atoms with Gasteiger partial charge < -0.3 is 5.32 Å². The zero-order valence-electron chi connectivity index (χ0n) is 15.5. The minimum absolute atomic E-state index is 0.149. The van der Waals surface area contributed by atoms with E-state index in [1.165, 1.54) is 38.8 Å². The number of tetrazole rings is 1. The van der Waals surface area contributed by atoms with Gasteiger partial charge in [0.25, 0.3) is 0 Å². The van der Waals surface area contributed by atoms with E-state index in [4.69, 9.17) is 0 Å². The van der Waals surface area contributed by atoms with E-state index in [9.17, 15) is 13.2 Å². The maximum absolute atomic E-state index is 12.9. The number of carbonyl (C=O) groups excluding carboxylic acids is 1. The number of anilines is 1. The van der Waals surface area contributed by atoms with Gasteiger partial charge in [0.1, 0.15) is 11.3 Å². The molecule has 13 heteroatoms. The molecule has 3 heterocycles. The van der Waals surface area contributed by atoms with Crippen LogP contribution in [0.15, 0.2) is 35.5 Å². The first kappa shape index (κ1) is 19.5. The summed E-state index contributed by atoms with van der Waals surface area (Å²) in [7, 11) is -3.63. The fourth-order valence-corrected chi connectivity index (χ4v) is 5.18. The molecule has 152 valence electrons. The predicted molar refractivity (Wildman–Crippen MR) is 104 cm³/mol. The van der Waals surface area contributed by atoms with Crippen molar-refractivity contribution in [3.8, 4) is 5.69 Å². The van der Waals surface area contributed by atoms with Gasteiger partial charge in [-0.2, -0.15) is 4.31 Å². The summed E-state index contributed by atoms with van der Waals surface area (Å²) in [6, 6.07) is 6.35. The Kier molecular flexibility index (Phi) is 5.34. The molecule has 0 atom stereocenters. The van der Waals surface area contributed by atoms with Crippen molar-refractivity contribution in [3.63, 3.8) is 0 Å². The maximum atomic E-state index is 12.9. The summed E-state index contributed by atoms with van der Waals surface area (Å²) in [5, 5.41) is 22.6. The highest BCUT2D eigenvalue weighted by atomic mass is 32.2. The van der Waals surface area contributed by atoms with Crippen molar-refractivity contribution in [2.24, 2.45) is 5.92 Å². The molecule has 1 aromatic carbocycles. The van der Waals surface area contributed by atoms with Crippen LogP contribution in [0.1, 0.15) is 17.8 Å². The van der Waals surface area contributed by atoms with Gasteiger partial charge >= 0.3 is 0 Å². The van der Waals surface area contributed by atoms with Crippen LogP contribution in [-0.4, -0.2) is 62.1 Å². The molecule has 1 aliphatic rings. The van der Waals surface area contributed by atoms with Gasteiger partial charge in [0, 0.05) is 19.0 Å². The number of aryl methyl sites for hydroxylation is 1. The van der Waals surface area contributed by atoms with Crippen molar-refractivity contribution in [1.29, 1.82) is 0 Å². The summed E-state index contributed by atoms with van der Waals surface area (Å²) in [5.74, 6) is -0.406. The fraction of sp³-hybridized carbons (Fsp3) is 0.375. The number of piperidine rings is 1. The third-order valence-electron chi connectivity index (χ3n) is 4.67. The second kappa shape index (κ2) is 7.93. The van der Waals surface area contributed by atoms with Crippen molar-refractivity contribution in [1.82, 2.24) is 34.7 Å². The molecule has 1 N–H and O–H groups in total. The fourth-order valence-electron chi connectivity index (χ4n) is 3.11. The molecule has 0 bridgehead atoms. The first-order valence-electron chi connectivity index (χ1n) is 8.88. The number of carbonyl (C=O) groups is 1. The van der Waals surface area contributed by atoms with Crippen LogP contribution in [0.4, 0.5) is 5.13 Å². The molecule has 2 aromatic heterocycles. The van der Waals surface area contributed by atoms with E-state index in [1.54, 1.807) is 12.1 Å². The Morgan fingerprint density at radius 3 is 2.48 bits per heavy atom. The van der Waals surface area contributed by atoms with Gasteiger partial charge in [0.05, 0.1) is 10.6 Å². The molecule has 0 unspecified atom stereocenters. The number of nitrogens with zero attached hydrogens (tertiary/aromatic N) is 7. The van der Waals surface area contributed by atoms with E-state index in [1.807, 2.05) is 6.92 Å². The van der Waals surface area contributed by atoms with E-state index in [2.05, 4.69) is 31.0 Å². The lowest BCUT2D eigenvalue weighted by atomic mass is 9.97. The third-order valence-corrected chi connectivity index (χ3v) is 7.34. The van der Waals surface area contributed by atoms with Gasteiger partial charge in [-0.1, -0.05) is 11.3 Å². The number of sulfonamides is 1. The standard InChI is InChI=1S/C16H18N8O3S2/c1-11-19-20-16(28-11)18-15(25)12-6-8-23(9-7-12)29(26,27)14-4-2-13(3-5-14)24-10-17-21-22-24/h2-5,10,12H,6-9H2,1H3,(H,18,20,25). The summed E-state index contributed by atoms with van der Waals surface area (Å²) in [6.07, 6.45) is 2.33. The van der Waals surface area contributed by atoms with Gasteiger partial charge in [-0.3, -0.25) is 4.79 Å². The van der Waals surface area contributed by atoms with Crippen LogP contribution in [-0.2, 0) is 14.8 Å². The summed E-state index contributed by atoms with van der Waals surface area (Å²) >= 11 is 1.31. The Morgan fingerprint density at radius 2 is 1.90 bits per heavy atom. The van der Waals surface area contributed by atoms with Crippen LogP contribution >= 0.6 is 11.3 Å². The topological polar surface area (TPSA) is 136 Å². The Labute approximate surface area is 170 Å². The molecule has 29 heavy (non-hydrogen) atoms. The van der Waals surface area contributed by atoms with Crippen LogP contribution in [0.25, 0.3) is 5.69 Å². The average molecular weight is 435 g/mol. The van der Waals surface area contributed by atoms with Crippen molar-refractivity contribution < 1.29 is 13.2 Å². The minimum atomic E-state index is -3.63. The van der Waals surface area contributed by atoms with E-state index >= 15 is 0 Å². The van der Waals surface area contributed by atoms with E-state index in [0.717, 1.165) is 5.01 Å². The number of rotatable bonds is 5. The number of aromatic nitrogens is 6. The highest BCUT2D eigenvalue weighted by molar-refractivity contribution is 7.89. The zero-order chi connectivity index (χ0) is 20.4. The Bertz CT molecular complexity index is 1090. The van der Waals surface area contributed by atoms with Crippen molar-refractivity contribution >= 4 is 32.4 Å². The Balaban J connectivity index is 1.39. The molecule has 11 nitrogen and oxygen atoms in total. The molecular weight excluding hydrogens is 416 g/mol. The quantitative estimate of drug-likeness (QED) is 0.624. The van der Waals surface area contributed by atoms with Gasteiger partial charge in [0.15, 0.2) is 0 Å². The molecule has 1 saturated heterocycles. The van der Waals surface area contributed by atoms with Crippen LogP contribution in [0, 0.1) is 12.8 Å². The van der Waals surface area contributed by atoms with Crippen LogP contribution < -0.4 is 5.32 Å². The summed E-state index contributed by atoms with van der Waals surface area (Å²) in [6.45, 7) is 2.38. The lowest BCUT2D eigenvalue weighted by Gasteiger charge is -2.30. The molecule has 0 radical (unpaired) electrons. The first-order valence-corrected chi connectivity index (χ1v) is 11.1. The van der Waals surface area contributed by atoms with E-state index in [0.29, 0.717) is 23.7 Å². The zero-order valence-corrected chi connectivity index (χ0v) is 17.1. The molecule has 0 spiro atoms. The molecule has 0 aliphatic carbocycles. The number of amides is 1. The third kappa shape index (κ3) is 4.16. The van der Waals surface area contributed by atoms with Crippen molar-refractivity contribution in [2.75, 3.05) is 18.4 Å². The van der Waals surface area contributed by atoms with Crippen LogP contribution in [0.5, 0.6) is 0 Å². The van der Waals surface area contributed by atoms with Crippen LogP contribution in [0.3, 0.4) is 0 Å². The van der Waals surface area contributed by atoms with Gasteiger partial charge in [0.2, 0.25) is 21.1 Å². The molecular formula is C16H18N8O3S2. The number of hydrogen-bond donors (Lipinski definition) is 1. The van der Waals surface area contributed by atoms with E-state index < -0.39 is 10.0 Å². The predicted octanol–water partition coefficient (Wildman–Crippen LogP) is 0.862. The summed E-state index contributed by atoms with van der Waals surface area (Å²) in [4.78, 5) is 12.6. The Hall–Kier alpha value is -2.77. The lowest BCUT2D eigenvalue weighted by Crippen LogP contribution is -2.41. The highest BCUT2D eigenvalue weighted by Gasteiger charge is 2.32. The summed E-state index contributed by atoms with van der Waals surface area (Å²) in [5.41, 5.74) is 0.663. The Morgan fingerprint density at radius 1 is 1.17 bits per heavy atom. The number of benzene rings is 1. The monoisotopic (exact) mass is 434 g/mol. The highest BCUT2D eigenvalue weighted by Crippen LogP contribution is 2.26. The van der Waals surface area contributed by atoms with Gasteiger partial charge in [-0.15, -0.1) is 15.3 Å². The van der Waals surface area contributed by atoms with E-state index in [-0.39, 0.29) is 29.8 Å². The number of hydrogen-bond acceptors (Lipinski definition) is 9. The first-order chi connectivity index (χ1) is 13.9. The molecule has 1 amide bonds. The second-order valence-electron chi connectivity index (χ2n) is 6.54. The SMILES string of the molecule is Cc1nnc(NC(=O)C2CCN(S(=O)(=O)c3ccc(-n4cnnn4)cc3)CC2)s1. The van der Waals surface area contributed by atoms with Gasteiger partial charge in [-0.05, 0) is 54.5 Å². The number of nitrogens with one attached hydrogen (secondary N) is 1. The lowest BCUT2D eigenvalue weighted by molar-refractivity contribution is -0.120. The second-order valence-corrected chi connectivity index (χ2v) is 9.66. The van der Waals surface area contributed by atoms with Crippen molar-refractivity contribution in [3.05, 3.63) is 35.6 Å². The smallest absolute Gasteiger partial charge is 0.243 e. The van der Waals surface area contributed by atoms with Crippen LogP contribution in [0.2, 0.25) is 0 Å². The maximum Gasteiger partial charge on any atom is 0.243 e. The largest absolute Gasteiger partial charge is 0.300 e. The molecule has 3 aromatic rings. The molecule has 4 rings (SSSR count). The normalized spacial score (nSPS) is 16.0. The molecule has 1 fully saturated rings. The minimum Gasteiger partial charge on any atom is -0.300 e. The molecule has 1 aliphatic heterocycles. The average Bonchev–Trinajstić information content (AvgIpc) is 3.40. The summed E-state index contributed by atoms with van der Waals surface area (Å²) < 4.78 is 28.7.